The maximum absolute atomic E-state index is 12.9. The summed E-state index contributed by atoms with van der Waals surface area (Å²) in [5, 5.41) is 0. The molecule has 0 amide bonds. The minimum Gasteiger partial charge on any atom is -0.372 e. The smallest absolute Gasteiger partial charge is 0.123 e. The van der Waals surface area contributed by atoms with Crippen LogP contribution in [0.1, 0.15) is 28.3 Å². The lowest BCUT2D eigenvalue weighted by molar-refractivity contribution is 0.134. The molecule has 0 spiro atoms. The lowest BCUT2D eigenvalue weighted by Gasteiger charge is -2.13. The molecule has 2 nitrogen and oxygen atoms in total. The van der Waals surface area contributed by atoms with Gasteiger partial charge in [-0.3, -0.25) is 0 Å². The van der Waals surface area contributed by atoms with Gasteiger partial charge in [-0.05, 0) is 34.4 Å². The Labute approximate surface area is 105 Å². The topological polar surface area (TPSA) is 35.2 Å². The van der Waals surface area contributed by atoms with Crippen LogP contribution in [-0.2, 0) is 18.0 Å². The fourth-order valence-electron chi connectivity index (χ4n) is 2.25. The van der Waals surface area contributed by atoms with E-state index in [0.717, 1.165) is 11.1 Å². The zero-order valence-electron chi connectivity index (χ0n) is 9.90. The van der Waals surface area contributed by atoms with E-state index in [2.05, 4.69) is 12.1 Å². The van der Waals surface area contributed by atoms with Gasteiger partial charge in [-0.2, -0.15) is 0 Å². The van der Waals surface area contributed by atoms with Gasteiger partial charge in [0.1, 0.15) is 5.82 Å². The molecule has 0 aliphatic carbocycles. The number of hydrogen-bond acceptors (Lipinski definition) is 2. The number of nitrogens with two attached hydrogens (primary N) is 1. The van der Waals surface area contributed by atoms with Crippen LogP contribution in [0.2, 0.25) is 0 Å². The van der Waals surface area contributed by atoms with Crippen LogP contribution in [0.3, 0.4) is 0 Å². The Bertz CT molecular complexity index is 565. The summed E-state index contributed by atoms with van der Waals surface area (Å²) in [5.74, 6) is -0.242. The Kier molecular flexibility index (Phi) is 2.86. The summed E-state index contributed by atoms with van der Waals surface area (Å²) >= 11 is 0. The van der Waals surface area contributed by atoms with Crippen molar-refractivity contribution in [1.82, 2.24) is 0 Å². The SMILES string of the molecule is NC(c1ccc(F)cc1)c1ccc2c(c1)COC2. The highest BCUT2D eigenvalue weighted by atomic mass is 19.1. The summed E-state index contributed by atoms with van der Waals surface area (Å²) in [5.41, 5.74) is 10.6. The van der Waals surface area contributed by atoms with E-state index in [4.69, 9.17) is 10.5 Å². The van der Waals surface area contributed by atoms with Gasteiger partial charge in [-0.1, -0.05) is 30.3 Å². The molecule has 2 aromatic rings. The van der Waals surface area contributed by atoms with Gasteiger partial charge < -0.3 is 10.5 Å². The van der Waals surface area contributed by atoms with E-state index in [0.29, 0.717) is 13.2 Å². The Balaban J connectivity index is 1.92. The van der Waals surface area contributed by atoms with E-state index >= 15 is 0 Å². The first-order valence-electron chi connectivity index (χ1n) is 5.94. The van der Waals surface area contributed by atoms with Crippen LogP contribution < -0.4 is 5.73 Å². The van der Waals surface area contributed by atoms with E-state index in [1.165, 1.54) is 23.3 Å². The maximum Gasteiger partial charge on any atom is 0.123 e. The van der Waals surface area contributed by atoms with Crippen LogP contribution in [0.4, 0.5) is 4.39 Å². The zero-order chi connectivity index (χ0) is 12.5. The first-order chi connectivity index (χ1) is 8.74. The van der Waals surface area contributed by atoms with Gasteiger partial charge in [0.2, 0.25) is 0 Å². The van der Waals surface area contributed by atoms with Gasteiger partial charge in [0.05, 0.1) is 19.3 Å². The Morgan fingerprint density at radius 2 is 1.61 bits per heavy atom. The van der Waals surface area contributed by atoms with Gasteiger partial charge in [0.25, 0.3) is 0 Å². The molecule has 3 rings (SSSR count). The van der Waals surface area contributed by atoms with Crippen molar-refractivity contribution in [3.05, 3.63) is 70.5 Å². The molecule has 1 unspecified atom stereocenters. The third-order valence-electron chi connectivity index (χ3n) is 3.33. The van der Waals surface area contributed by atoms with E-state index in [1.54, 1.807) is 12.1 Å². The largest absolute Gasteiger partial charge is 0.372 e. The molecular weight excluding hydrogens is 229 g/mol. The standard InChI is InChI=1S/C15H14FNO/c16-14-5-3-10(4-6-14)15(17)11-1-2-12-8-18-9-13(12)7-11/h1-7,15H,8-9,17H2. The van der Waals surface area contributed by atoms with Gasteiger partial charge in [0.15, 0.2) is 0 Å². The molecule has 2 aromatic carbocycles. The number of halogens is 1. The predicted molar refractivity (Wildman–Crippen MR) is 67.4 cm³/mol. The Hall–Kier alpha value is -1.71. The van der Waals surface area contributed by atoms with Crippen LogP contribution in [0.25, 0.3) is 0 Å². The summed E-state index contributed by atoms with van der Waals surface area (Å²) < 4.78 is 18.3. The van der Waals surface area contributed by atoms with Crippen molar-refractivity contribution in [2.24, 2.45) is 5.73 Å². The van der Waals surface area contributed by atoms with Crippen molar-refractivity contribution < 1.29 is 9.13 Å². The van der Waals surface area contributed by atoms with Crippen LogP contribution in [-0.4, -0.2) is 0 Å². The molecule has 1 atom stereocenters. The molecule has 1 aliphatic heterocycles. The minimum absolute atomic E-state index is 0.225. The molecule has 0 bridgehead atoms. The molecule has 0 aromatic heterocycles. The van der Waals surface area contributed by atoms with Crippen LogP contribution in [0.15, 0.2) is 42.5 Å². The molecule has 0 saturated heterocycles. The fraction of sp³-hybridized carbons (Fsp3) is 0.200. The van der Waals surface area contributed by atoms with Crippen molar-refractivity contribution in [2.75, 3.05) is 0 Å². The molecule has 2 N–H and O–H groups in total. The summed E-state index contributed by atoms with van der Waals surface area (Å²) in [4.78, 5) is 0. The minimum atomic E-state index is -0.242. The monoisotopic (exact) mass is 243 g/mol. The zero-order valence-corrected chi connectivity index (χ0v) is 9.90. The molecule has 0 saturated carbocycles. The molecular formula is C15H14FNO. The third-order valence-corrected chi connectivity index (χ3v) is 3.33. The second-order valence-electron chi connectivity index (χ2n) is 4.55. The maximum atomic E-state index is 12.9. The number of benzene rings is 2. The van der Waals surface area contributed by atoms with Crippen molar-refractivity contribution in [2.45, 2.75) is 19.3 Å². The van der Waals surface area contributed by atoms with E-state index in [9.17, 15) is 4.39 Å². The van der Waals surface area contributed by atoms with Crippen LogP contribution >= 0.6 is 0 Å². The van der Waals surface area contributed by atoms with Gasteiger partial charge in [-0.25, -0.2) is 4.39 Å². The molecule has 3 heteroatoms. The summed E-state index contributed by atoms with van der Waals surface area (Å²) in [7, 11) is 0. The third kappa shape index (κ3) is 2.03. The first-order valence-corrected chi connectivity index (χ1v) is 5.94. The Morgan fingerprint density at radius 1 is 0.944 bits per heavy atom. The van der Waals surface area contributed by atoms with Gasteiger partial charge in [0, 0.05) is 0 Å². The average molecular weight is 243 g/mol. The number of ether oxygens (including phenoxy) is 1. The normalized spacial score (nSPS) is 15.4. The number of hydrogen-bond donors (Lipinski definition) is 1. The molecule has 0 fully saturated rings. The van der Waals surface area contributed by atoms with Crippen LogP contribution in [0, 0.1) is 5.82 Å². The predicted octanol–water partition coefficient (Wildman–Crippen LogP) is 2.90. The number of fused-ring (bicyclic) bond motifs is 1. The molecule has 0 radical (unpaired) electrons. The first kappa shape index (κ1) is 11.4. The Morgan fingerprint density at radius 3 is 2.39 bits per heavy atom. The molecule has 1 heterocycles. The highest BCUT2D eigenvalue weighted by Gasteiger charge is 2.15. The highest BCUT2D eigenvalue weighted by molar-refractivity contribution is 5.38. The second-order valence-corrected chi connectivity index (χ2v) is 4.55. The quantitative estimate of drug-likeness (QED) is 0.880. The fourth-order valence-corrected chi connectivity index (χ4v) is 2.25. The summed E-state index contributed by atoms with van der Waals surface area (Å²) in [6, 6.07) is 12.3. The van der Waals surface area contributed by atoms with E-state index in [1.807, 2.05) is 6.07 Å². The van der Waals surface area contributed by atoms with Crippen LogP contribution in [0.5, 0.6) is 0 Å². The lowest BCUT2D eigenvalue weighted by Crippen LogP contribution is -2.12. The van der Waals surface area contributed by atoms with Crippen molar-refractivity contribution in [3.8, 4) is 0 Å². The number of rotatable bonds is 2. The van der Waals surface area contributed by atoms with Crippen molar-refractivity contribution in [1.29, 1.82) is 0 Å². The van der Waals surface area contributed by atoms with E-state index < -0.39 is 0 Å². The van der Waals surface area contributed by atoms with Gasteiger partial charge in [-0.15, -0.1) is 0 Å². The average Bonchev–Trinajstić information content (AvgIpc) is 2.86. The molecule has 18 heavy (non-hydrogen) atoms. The second kappa shape index (κ2) is 4.52. The van der Waals surface area contributed by atoms with Crippen molar-refractivity contribution >= 4 is 0 Å². The van der Waals surface area contributed by atoms with E-state index in [-0.39, 0.29) is 11.9 Å². The summed E-state index contributed by atoms with van der Waals surface area (Å²) in [6.45, 7) is 1.33. The van der Waals surface area contributed by atoms with Gasteiger partial charge >= 0.3 is 0 Å². The molecule has 1 aliphatic rings. The summed E-state index contributed by atoms with van der Waals surface area (Å²) in [6.07, 6.45) is 0. The van der Waals surface area contributed by atoms with Crippen molar-refractivity contribution in [3.63, 3.8) is 0 Å². The highest BCUT2D eigenvalue weighted by Crippen LogP contribution is 2.26. The lowest BCUT2D eigenvalue weighted by atomic mass is 9.96. The molecule has 92 valence electrons.